The van der Waals surface area contributed by atoms with E-state index >= 15 is 0 Å². The van der Waals surface area contributed by atoms with Gasteiger partial charge in [-0.25, -0.2) is 0 Å². The molecule has 2 heteroatoms. The van der Waals surface area contributed by atoms with Crippen molar-refractivity contribution >= 4 is 0 Å². The van der Waals surface area contributed by atoms with Crippen LogP contribution in [0.2, 0.25) is 0 Å². The molecule has 1 N–H and O–H groups in total. The zero-order chi connectivity index (χ0) is 7.40. The van der Waals surface area contributed by atoms with E-state index < -0.39 is 0 Å². The maximum absolute atomic E-state index is 8.57. The maximum Gasteiger partial charge on any atom is 0.0443 e. The first kappa shape index (κ1) is 8.02. The Hall–Kier alpha value is -0.0800. The number of hydrogen-bond acceptors (Lipinski definition) is 2. The number of rotatable bonds is 3. The van der Waals surface area contributed by atoms with Crippen LogP contribution in [-0.2, 0) is 0 Å². The summed E-state index contributed by atoms with van der Waals surface area (Å²) in [6, 6.07) is 0. The Bertz CT molecular complexity index is 95.3. The SMILES string of the molecule is C[C@H]1CCN(CCCO)C1. The second-order valence-electron chi connectivity index (χ2n) is 3.27. The standard InChI is InChI=1S/C8H17NO/c1-8-3-5-9(7-8)4-2-6-10/h8,10H,2-7H2,1H3/t8-/m0/s1. The minimum atomic E-state index is 0.338. The Balaban J connectivity index is 2.06. The second kappa shape index (κ2) is 3.94. The van der Waals surface area contributed by atoms with Crippen molar-refractivity contribution in [3.8, 4) is 0 Å². The van der Waals surface area contributed by atoms with Crippen LogP contribution in [0.4, 0.5) is 0 Å². The van der Waals surface area contributed by atoms with E-state index in [1.807, 2.05) is 0 Å². The van der Waals surface area contributed by atoms with Crippen LogP contribution in [-0.4, -0.2) is 36.2 Å². The van der Waals surface area contributed by atoms with Gasteiger partial charge in [-0.15, -0.1) is 0 Å². The van der Waals surface area contributed by atoms with E-state index in [1.54, 1.807) is 0 Å². The molecule has 0 aliphatic carbocycles. The van der Waals surface area contributed by atoms with Crippen molar-refractivity contribution in [3.05, 3.63) is 0 Å². The molecule has 0 bridgehead atoms. The summed E-state index contributed by atoms with van der Waals surface area (Å²) in [4.78, 5) is 2.43. The van der Waals surface area contributed by atoms with Crippen LogP contribution in [0.25, 0.3) is 0 Å². The van der Waals surface area contributed by atoms with Crippen molar-refractivity contribution in [2.24, 2.45) is 5.92 Å². The molecule has 1 fully saturated rings. The molecular formula is C8H17NO. The monoisotopic (exact) mass is 143 g/mol. The first-order valence-corrected chi connectivity index (χ1v) is 4.16. The van der Waals surface area contributed by atoms with Gasteiger partial charge >= 0.3 is 0 Å². The number of aliphatic hydroxyl groups is 1. The van der Waals surface area contributed by atoms with Gasteiger partial charge in [-0.3, -0.25) is 0 Å². The third-order valence-electron chi connectivity index (χ3n) is 2.14. The molecule has 2 nitrogen and oxygen atoms in total. The molecule has 60 valence electrons. The van der Waals surface area contributed by atoms with Crippen LogP contribution in [0, 0.1) is 5.92 Å². The third kappa shape index (κ3) is 2.27. The molecule has 0 unspecified atom stereocenters. The van der Waals surface area contributed by atoms with Crippen molar-refractivity contribution in [1.29, 1.82) is 0 Å². The van der Waals surface area contributed by atoms with Gasteiger partial charge in [-0.2, -0.15) is 0 Å². The highest BCUT2D eigenvalue weighted by molar-refractivity contribution is 4.71. The topological polar surface area (TPSA) is 23.5 Å². The van der Waals surface area contributed by atoms with E-state index in [1.165, 1.54) is 19.5 Å². The van der Waals surface area contributed by atoms with Gasteiger partial charge in [-0.05, 0) is 25.3 Å². The zero-order valence-corrected chi connectivity index (χ0v) is 6.71. The van der Waals surface area contributed by atoms with Gasteiger partial charge in [0.05, 0.1) is 0 Å². The molecule has 0 spiro atoms. The van der Waals surface area contributed by atoms with E-state index in [2.05, 4.69) is 11.8 Å². The van der Waals surface area contributed by atoms with Crippen molar-refractivity contribution in [2.45, 2.75) is 19.8 Å². The highest BCUT2D eigenvalue weighted by atomic mass is 16.3. The van der Waals surface area contributed by atoms with E-state index in [4.69, 9.17) is 5.11 Å². The van der Waals surface area contributed by atoms with Crippen LogP contribution < -0.4 is 0 Å². The highest BCUT2D eigenvalue weighted by Crippen LogP contribution is 2.14. The average Bonchev–Trinajstić information content (AvgIpc) is 2.31. The molecule has 0 radical (unpaired) electrons. The smallest absolute Gasteiger partial charge is 0.0443 e. The lowest BCUT2D eigenvalue weighted by Gasteiger charge is -2.13. The van der Waals surface area contributed by atoms with Gasteiger partial charge < -0.3 is 10.0 Å². The van der Waals surface area contributed by atoms with Crippen LogP contribution in [0.1, 0.15) is 19.8 Å². The summed E-state index contributed by atoms with van der Waals surface area (Å²) in [5, 5.41) is 8.57. The van der Waals surface area contributed by atoms with Crippen molar-refractivity contribution in [3.63, 3.8) is 0 Å². The molecular weight excluding hydrogens is 126 g/mol. The van der Waals surface area contributed by atoms with Gasteiger partial charge in [0.1, 0.15) is 0 Å². The molecule has 1 heterocycles. The first-order chi connectivity index (χ1) is 4.83. The average molecular weight is 143 g/mol. The highest BCUT2D eigenvalue weighted by Gasteiger charge is 2.16. The Morgan fingerprint density at radius 3 is 2.90 bits per heavy atom. The molecule has 0 amide bonds. The molecule has 0 saturated carbocycles. The fourth-order valence-electron chi connectivity index (χ4n) is 1.52. The van der Waals surface area contributed by atoms with E-state index in [9.17, 15) is 0 Å². The summed E-state index contributed by atoms with van der Waals surface area (Å²) in [6.07, 6.45) is 2.28. The van der Waals surface area contributed by atoms with Crippen molar-refractivity contribution in [1.82, 2.24) is 4.90 Å². The molecule has 1 aliphatic rings. The molecule has 1 saturated heterocycles. The molecule has 0 aromatic carbocycles. The Morgan fingerprint density at radius 2 is 2.40 bits per heavy atom. The third-order valence-corrected chi connectivity index (χ3v) is 2.14. The minimum absolute atomic E-state index is 0.338. The fraction of sp³-hybridized carbons (Fsp3) is 1.00. The molecule has 1 rings (SSSR count). The molecule has 1 aliphatic heterocycles. The lowest BCUT2D eigenvalue weighted by Crippen LogP contribution is -2.22. The summed E-state index contributed by atoms with van der Waals surface area (Å²) in [6.45, 7) is 6.19. The van der Waals surface area contributed by atoms with Gasteiger partial charge in [-0.1, -0.05) is 6.92 Å². The second-order valence-corrected chi connectivity index (χ2v) is 3.27. The summed E-state index contributed by atoms with van der Waals surface area (Å²) in [7, 11) is 0. The molecule has 10 heavy (non-hydrogen) atoms. The maximum atomic E-state index is 8.57. The summed E-state index contributed by atoms with van der Waals surface area (Å²) < 4.78 is 0. The normalized spacial score (nSPS) is 27.6. The van der Waals surface area contributed by atoms with E-state index in [-0.39, 0.29) is 0 Å². The number of aliphatic hydroxyl groups excluding tert-OH is 1. The Labute approximate surface area is 62.8 Å². The summed E-state index contributed by atoms with van der Waals surface area (Å²) >= 11 is 0. The summed E-state index contributed by atoms with van der Waals surface area (Å²) in [5.74, 6) is 0.874. The summed E-state index contributed by atoms with van der Waals surface area (Å²) in [5.41, 5.74) is 0. The Morgan fingerprint density at radius 1 is 1.60 bits per heavy atom. The quantitative estimate of drug-likeness (QED) is 0.629. The lowest BCUT2D eigenvalue weighted by molar-refractivity contribution is 0.245. The molecule has 0 aromatic rings. The number of likely N-dealkylation sites (tertiary alicyclic amines) is 1. The van der Waals surface area contributed by atoms with Crippen molar-refractivity contribution < 1.29 is 5.11 Å². The van der Waals surface area contributed by atoms with Gasteiger partial charge in [0.2, 0.25) is 0 Å². The van der Waals surface area contributed by atoms with Gasteiger partial charge in [0, 0.05) is 19.7 Å². The first-order valence-electron chi connectivity index (χ1n) is 4.16. The fourth-order valence-corrected chi connectivity index (χ4v) is 1.52. The van der Waals surface area contributed by atoms with Gasteiger partial charge in [0.25, 0.3) is 0 Å². The number of hydrogen-bond donors (Lipinski definition) is 1. The number of nitrogens with zero attached hydrogens (tertiary/aromatic N) is 1. The Kier molecular flexibility index (Phi) is 3.16. The molecule has 1 atom stereocenters. The minimum Gasteiger partial charge on any atom is -0.396 e. The van der Waals surface area contributed by atoms with E-state index in [0.717, 1.165) is 18.9 Å². The van der Waals surface area contributed by atoms with Gasteiger partial charge in [0.15, 0.2) is 0 Å². The predicted octanol–water partition coefficient (Wildman–Crippen LogP) is 0.711. The lowest BCUT2D eigenvalue weighted by atomic mass is 10.2. The van der Waals surface area contributed by atoms with Crippen LogP contribution in [0.15, 0.2) is 0 Å². The van der Waals surface area contributed by atoms with Crippen molar-refractivity contribution in [2.75, 3.05) is 26.2 Å². The predicted molar refractivity (Wildman–Crippen MR) is 41.9 cm³/mol. The molecule has 0 aromatic heterocycles. The largest absolute Gasteiger partial charge is 0.396 e. The van der Waals surface area contributed by atoms with Crippen LogP contribution >= 0.6 is 0 Å². The zero-order valence-electron chi connectivity index (χ0n) is 6.71. The van der Waals surface area contributed by atoms with Crippen LogP contribution in [0.3, 0.4) is 0 Å². The van der Waals surface area contributed by atoms with Crippen LogP contribution in [0.5, 0.6) is 0 Å². The van der Waals surface area contributed by atoms with E-state index in [0.29, 0.717) is 6.61 Å².